The van der Waals surface area contributed by atoms with Crippen LogP contribution in [0, 0.1) is 12.8 Å². The molecule has 2 aromatic heterocycles. The summed E-state index contributed by atoms with van der Waals surface area (Å²) in [7, 11) is 0. The molecule has 2 aliphatic heterocycles. The van der Waals surface area contributed by atoms with Gasteiger partial charge in [0.2, 0.25) is 11.8 Å². The van der Waals surface area contributed by atoms with E-state index in [-0.39, 0.29) is 17.7 Å². The Hall–Kier alpha value is -3.00. The van der Waals surface area contributed by atoms with Gasteiger partial charge in [0.25, 0.3) is 0 Å². The van der Waals surface area contributed by atoms with Gasteiger partial charge in [-0.05, 0) is 31.4 Å². The fraction of sp³-hybridized carbons (Fsp3) is 0.440. The normalized spacial score (nSPS) is 17.6. The van der Waals surface area contributed by atoms with Crippen molar-refractivity contribution in [1.82, 2.24) is 19.8 Å². The average Bonchev–Trinajstić information content (AvgIpc) is 3.28. The fourth-order valence-corrected chi connectivity index (χ4v) is 5.91. The highest BCUT2D eigenvalue weighted by molar-refractivity contribution is 7.21. The summed E-state index contributed by atoms with van der Waals surface area (Å²) >= 11 is 1.70. The second kappa shape index (κ2) is 9.09. The number of anilines is 1. The number of amides is 2. The molecule has 2 aliphatic rings. The average molecular weight is 464 g/mol. The lowest BCUT2D eigenvalue weighted by atomic mass is 9.94. The molecule has 0 atom stereocenters. The Kier molecular flexibility index (Phi) is 6.01. The summed E-state index contributed by atoms with van der Waals surface area (Å²) in [6, 6.07) is 12.6. The molecule has 2 amide bonds. The van der Waals surface area contributed by atoms with E-state index < -0.39 is 0 Å². The number of fused-ring (bicyclic) bond motifs is 1. The number of piperazine rings is 1. The minimum atomic E-state index is 0.0471. The van der Waals surface area contributed by atoms with Gasteiger partial charge in [0.05, 0.1) is 5.39 Å². The van der Waals surface area contributed by atoms with Gasteiger partial charge < -0.3 is 14.7 Å². The van der Waals surface area contributed by atoms with E-state index in [0.29, 0.717) is 26.2 Å². The summed E-state index contributed by atoms with van der Waals surface area (Å²) in [5, 5.41) is 1.09. The van der Waals surface area contributed by atoms with Gasteiger partial charge in [0.1, 0.15) is 16.5 Å². The Bertz CT molecular complexity index is 1160. The highest BCUT2D eigenvalue weighted by Gasteiger charge is 2.31. The molecule has 0 bridgehead atoms. The first kappa shape index (κ1) is 21.8. The number of hydrogen-bond donors (Lipinski definition) is 0. The number of benzene rings is 1. The van der Waals surface area contributed by atoms with Crippen LogP contribution in [0.3, 0.4) is 0 Å². The molecule has 0 saturated carbocycles. The Balaban J connectivity index is 1.29. The topological polar surface area (TPSA) is 69.6 Å². The zero-order valence-electron chi connectivity index (χ0n) is 19.2. The smallest absolute Gasteiger partial charge is 0.225 e. The number of nitrogens with zero attached hydrogens (tertiary/aromatic N) is 5. The summed E-state index contributed by atoms with van der Waals surface area (Å²) in [6.07, 6.45) is 1.65. The van der Waals surface area contributed by atoms with E-state index in [0.717, 1.165) is 47.8 Å². The van der Waals surface area contributed by atoms with Gasteiger partial charge in [-0.2, -0.15) is 0 Å². The maximum absolute atomic E-state index is 13.1. The zero-order chi connectivity index (χ0) is 22.9. The van der Waals surface area contributed by atoms with Gasteiger partial charge in [-0.15, -0.1) is 11.3 Å². The number of aromatic nitrogens is 2. The van der Waals surface area contributed by atoms with Crippen molar-refractivity contribution in [3.63, 3.8) is 0 Å². The van der Waals surface area contributed by atoms with Crippen molar-refractivity contribution in [3.8, 4) is 10.4 Å². The van der Waals surface area contributed by atoms with E-state index in [1.165, 1.54) is 10.4 Å². The predicted molar refractivity (Wildman–Crippen MR) is 131 cm³/mol. The second-order valence-electron chi connectivity index (χ2n) is 8.88. The van der Waals surface area contributed by atoms with E-state index >= 15 is 0 Å². The van der Waals surface area contributed by atoms with Gasteiger partial charge in [-0.25, -0.2) is 9.97 Å². The van der Waals surface area contributed by atoms with Gasteiger partial charge in [0.15, 0.2) is 0 Å². The second-order valence-corrected chi connectivity index (χ2v) is 9.91. The number of carbonyl (C=O) groups excluding carboxylic acids is 2. The monoisotopic (exact) mass is 463 g/mol. The zero-order valence-corrected chi connectivity index (χ0v) is 20.0. The molecule has 0 N–H and O–H groups in total. The molecule has 0 unspecified atom stereocenters. The number of carbonyl (C=O) groups is 2. The summed E-state index contributed by atoms with van der Waals surface area (Å²) < 4.78 is 0. The Labute approximate surface area is 198 Å². The number of rotatable bonds is 3. The van der Waals surface area contributed by atoms with E-state index in [2.05, 4.69) is 35.2 Å². The molecule has 5 rings (SSSR count). The number of hydrogen-bond acceptors (Lipinski definition) is 6. The molecule has 33 heavy (non-hydrogen) atoms. The van der Waals surface area contributed by atoms with Crippen LogP contribution < -0.4 is 4.90 Å². The van der Waals surface area contributed by atoms with E-state index in [9.17, 15) is 9.59 Å². The van der Waals surface area contributed by atoms with Crippen LogP contribution in [0.15, 0.2) is 36.4 Å². The summed E-state index contributed by atoms with van der Waals surface area (Å²) in [5.74, 6) is 2.14. The quantitative estimate of drug-likeness (QED) is 0.594. The predicted octanol–water partition coefficient (Wildman–Crippen LogP) is 3.57. The largest absolute Gasteiger partial charge is 0.356 e. The van der Waals surface area contributed by atoms with Crippen LogP contribution in [-0.4, -0.2) is 70.9 Å². The van der Waals surface area contributed by atoms with Crippen LogP contribution in [0.1, 0.15) is 25.6 Å². The first-order valence-electron chi connectivity index (χ1n) is 11.6. The van der Waals surface area contributed by atoms with Crippen molar-refractivity contribution in [1.29, 1.82) is 0 Å². The third-order valence-corrected chi connectivity index (χ3v) is 7.80. The molecule has 0 radical (unpaired) electrons. The van der Waals surface area contributed by atoms with Crippen molar-refractivity contribution in [2.24, 2.45) is 5.92 Å². The maximum atomic E-state index is 13.1. The van der Waals surface area contributed by atoms with Crippen LogP contribution in [0.25, 0.3) is 20.7 Å². The SMILES string of the molecule is CC(=O)N1CCN(C(=O)C2CCN(c3nc(C)nc4sc(-c5ccccc5)cc34)CC2)CC1. The highest BCUT2D eigenvalue weighted by Crippen LogP contribution is 2.37. The first-order chi connectivity index (χ1) is 16.0. The van der Waals surface area contributed by atoms with Crippen LogP contribution in [0.5, 0.6) is 0 Å². The van der Waals surface area contributed by atoms with Gasteiger partial charge >= 0.3 is 0 Å². The third kappa shape index (κ3) is 4.44. The molecule has 0 spiro atoms. The minimum Gasteiger partial charge on any atom is -0.356 e. The Morgan fingerprint density at radius 3 is 2.27 bits per heavy atom. The number of thiophene rings is 1. The lowest BCUT2D eigenvalue weighted by molar-refractivity contribution is -0.141. The maximum Gasteiger partial charge on any atom is 0.225 e. The minimum absolute atomic E-state index is 0.0471. The Morgan fingerprint density at radius 1 is 0.939 bits per heavy atom. The molecule has 172 valence electrons. The first-order valence-corrected chi connectivity index (χ1v) is 12.4. The third-order valence-electron chi connectivity index (χ3n) is 6.72. The fourth-order valence-electron chi connectivity index (χ4n) is 4.83. The van der Waals surface area contributed by atoms with E-state index in [4.69, 9.17) is 9.97 Å². The van der Waals surface area contributed by atoms with E-state index in [1.807, 2.05) is 22.8 Å². The lowest BCUT2D eigenvalue weighted by Gasteiger charge is -2.38. The molecular weight excluding hydrogens is 434 g/mol. The number of aryl methyl sites for hydroxylation is 1. The molecule has 4 heterocycles. The van der Waals surface area contributed by atoms with Crippen molar-refractivity contribution in [2.45, 2.75) is 26.7 Å². The number of piperidine rings is 1. The van der Waals surface area contributed by atoms with Gasteiger partial charge in [-0.1, -0.05) is 30.3 Å². The summed E-state index contributed by atoms with van der Waals surface area (Å²) in [4.78, 5) is 42.4. The summed E-state index contributed by atoms with van der Waals surface area (Å²) in [6.45, 7) is 7.72. The van der Waals surface area contributed by atoms with Gasteiger partial charge in [-0.3, -0.25) is 9.59 Å². The van der Waals surface area contributed by atoms with Crippen molar-refractivity contribution >= 4 is 39.2 Å². The van der Waals surface area contributed by atoms with Crippen LogP contribution in [0.4, 0.5) is 5.82 Å². The van der Waals surface area contributed by atoms with Gasteiger partial charge in [0, 0.05) is 57.0 Å². The summed E-state index contributed by atoms with van der Waals surface area (Å²) in [5.41, 5.74) is 1.19. The highest BCUT2D eigenvalue weighted by atomic mass is 32.1. The standard InChI is InChI=1S/C25H29N5O2S/c1-17-26-23(21-16-22(33-24(21)27-17)19-6-4-3-5-7-19)29-10-8-20(9-11-29)25(32)30-14-12-28(13-15-30)18(2)31/h3-7,16,20H,8-15H2,1-2H3. The molecule has 2 saturated heterocycles. The van der Waals surface area contributed by atoms with Crippen LogP contribution in [-0.2, 0) is 9.59 Å². The molecule has 2 fully saturated rings. The van der Waals surface area contributed by atoms with Crippen molar-refractivity contribution in [2.75, 3.05) is 44.2 Å². The molecule has 0 aliphatic carbocycles. The molecule has 8 heteroatoms. The molecule has 3 aromatic rings. The van der Waals surface area contributed by atoms with Crippen LogP contribution >= 0.6 is 11.3 Å². The van der Waals surface area contributed by atoms with E-state index in [1.54, 1.807) is 18.3 Å². The van der Waals surface area contributed by atoms with Crippen LogP contribution in [0.2, 0.25) is 0 Å². The molecule has 7 nitrogen and oxygen atoms in total. The van der Waals surface area contributed by atoms with Crippen molar-refractivity contribution in [3.05, 3.63) is 42.2 Å². The Morgan fingerprint density at radius 2 is 1.61 bits per heavy atom. The van der Waals surface area contributed by atoms with Crippen molar-refractivity contribution < 1.29 is 9.59 Å². The molecular formula is C25H29N5O2S. The lowest BCUT2D eigenvalue weighted by Crippen LogP contribution is -2.52. The molecule has 1 aromatic carbocycles.